The van der Waals surface area contributed by atoms with Gasteiger partial charge in [0.2, 0.25) is 0 Å². The van der Waals surface area contributed by atoms with Crippen molar-refractivity contribution >= 4 is 47.5 Å². The molecule has 1 rings (SSSR count). The van der Waals surface area contributed by atoms with Gasteiger partial charge in [-0.2, -0.15) is 0 Å². The minimum atomic E-state index is -0.505. The van der Waals surface area contributed by atoms with Gasteiger partial charge in [0.15, 0.2) is 5.96 Å². The summed E-state index contributed by atoms with van der Waals surface area (Å²) in [7, 11) is 0. The molecule has 5 nitrogen and oxygen atoms in total. The van der Waals surface area contributed by atoms with Gasteiger partial charge in [-0.1, -0.05) is 23.7 Å². The van der Waals surface area contributed by atoms with Crippen molar-refractivity contribution in [1.82, 2.24) is 10.6 Å². The van der Waals surface area contributed by atoms with Gasteiger partial charge in [-0.3, -0.25) is 4.79 Å². The molecule has 0 saturated heterocycles. The smallest absolute Gasteiger partial charge is 0.328 e. The van der Waals surface area contributed by atoms with Gasteiger partial charge in [0.05, 0.1) is 6.04 Å². The predicted molar refractivity (Wildman–Crippen MR) is 110 cm³/mol. The van der Waals surface area contributed by atoms with Crippen LogP contribution >= 0.6 is 35.6 Å². The van der Waals surface area contributed by atoms with Gasteiger partial charge in [0, 0.05) is 11.6 Å². The first kappa shape index (κ1) is 23.0. The normalized spacial score (nSPS) is 12.8. The van der Waals surface area contributed by atoms with Crippen LogP contribution in [0.4, 0.5) is 0 Å². The summed E-state index contributed by atoms with van der Waals surface area (Å²) in [6.07, 6.45) is 0. The Morgan fingerprint density at radius 2 is 1.88 bits per heavy atom. The SMILES string of the molecule is CCNC(=NCC(=O)OC(C)(C)C)NC(C)c1ccc(Cl)cc1.I. The van der Waals surface area contributed by atoms with Crippen molar-refractivity contribution in [3.8, 4) is 0 Å². The summed E-state index contributed by atoms with van der Waals surface area (Å²) in [5.74, 6) is 0.217. The van der Waals surface area contributed by atoms with E-state index < -0.39 is 5.60 Å². The molecule has 0 amide bonds. The first-order valence-corrected chi connectivity index (χ1v) is 8.11. The molecule has 136 valence electrons. The number of benzene rings is 1. The minimum Gasteiger partial charge on any atom is -0.459 e. The highest BCUT2D eigenvalue weighted by molar-refractivity contribution is 14.0. The third-order valence-corrected chi connectivity index (χ3v) is 3.11. The number of esters is 1. The Balaban J connectivity index is 0.00000529. The van der Waals surface area contributed by atoms with Crippen LogP contribution in [0.1, 0.15) is 46.2 Å². The number of ether oxygens (including phenoxy) is 1. The molecule has 0 heterocycles. The first-order chi connectivity index (χ1) is 10.7. The Morgan fingerprint density at radius 3 is 2.38 bits per heavy atom. The van der Waals surface area contributed by atoms with Crippen molar-refractivity contribution in [2.24, 2.45) is 4.99 Å². The maximum absolute atomic E-state index is 11.8. The largest absolute Gasteiger partial charge is 0.459 e. The zero-order valence-corrected chi connectivity index (χ0v) is 17.9. The molecule has 1 atom stereocenters. The van der Waals surface area contributed by atoms with Crippen LogP contribution in [0.15, 0.2) is 29.3 Å². The van der Waals surface area contributed by atoms with E-state index in [0.29, 0.717) is 17.5 Å². The van der Waals surface area contributed by atoms with Crippen molar-refractivity contribution in [3.63, 3.8) is 0 Å². The van der Waals surface area contributed by atoms with Gasteiger partial charge in [0.1, 0.15) is 12.1 Å². The van der Waals surface area contributed by atoms with Crippen molar-refractivity contribution in [2.45, 2.75) is 46.3 Å². The van der Waals surface area contributed by atoms with E-state index >= 15 is 0 Å². The summed E-state index contributed by atoms with van der Waals surface area (Å²) in [4.78, 5) is 16.0. The zero-order chi connectivity index (χ0) is 17.5. The molecule has 0 aromatic heterocycles. The lowest BCUT2D eigenvalue weighted by Crippen LogP contribution is -2.39. The predicted octanol–water partition coefficient (Wildman–Crippen LogP) is 3.92. The summed E-state index contributed by atoms with van der Waals surface area (Å²) < 4.78 is 5.25. The van der Waals surface area contributed by atoms with Crippen LogP contribution in [0, 0.1) is 0 Å². The molecular weight excluding hydrogens is 441 g/mol. The van der Waals surface area contributed by atoms with Crippen LogP contribution in [-0.2, 0) is 9.53 Å². The van der Waals surface area contributed by atoms with Gasteiger partial charge in [0.25, 0.3) is 0 Å². The highest BCUT2D eigenvalue weighted by atomic mass is 127. The fourth-order valence-electron chi connectivity index (χ4n) is 1.88. The average Bonchev–Trinajstić information content (AvgIpc) is 2.44. The fraction of sp³-hybridized carbons (Fsp3) is 0.529. The molecule has 24 heavy (non-hydrogen) atoms. The van der Waals surface area contributed by atoms with Crippen LogP contribution in [0.25, 0.3) is 0 Å². The molecule has 0 aliphatic carbocycles. The van der Waals surface area contributed by atoms with Crippen molar-refractivity contribution < 1.29 is 9.53 Å². The van der Waals surface area contributed by atoms with Gasteiger partial charge in [-0.15, -0.1) is 24.0 Å². The van der Waals surface area contributed by atoms with E-state index in [4.69, 9.17) is 16.3 Å². The number of nitrogens with one attached hydrogen (secondary N) is 2. The molecule has 1 aromatic carbocycles. The van der Waals surface area contributed by atoms with Crippen LogP contribution in [0.5, 0.6) is 0 Å². The zero-order valence-electron chi connectivity index (χ0n) is 14.9. The van der Waals surface area contributed by atoms with Crippen LogP contribution < -0.4 is 10.6 Å². The minimum absolute atomic E-state index is 0. The summed E-state index contributed by atoms with van der Waals surface area (Å²) >= 11 is 5.90. The number of hydrogen-bond donors (Lipinski definition) is 2. The molecule has 0 radical (unpaired) electrons. The van der Waals surface area contributed by atoms with Crippen molar-refractivity contribution in [3.05, 3.63) is 34.9 Å². The lowest BCUT2D eigenvalue weighted by Gasteiger charge is -2.20. The first-order valence-electron chi connectivity index (χ1n) is 7.73. The highest BCUT2D eigenvalue weighted by Crippen LogP contribution is 2.15. The lowest BCUT2D eigenvalue weighted by molar-refractivity contribution is -0.152. The maximum atomic E-state index is 11.8. The summed E-state index contributed by atoms with van der Waals surface area (Å²) in [6, 6.07) is 7.64. The number of aliphatic imine (C=N–C) groups is 1. The Morgan fingerprint density at radius 1 is 1.29 bits per heavy atom. The number of hydrogen-bond acceptors (Lipinski definition) is 3. The van der Waals surface area contributed by atoms with Crippen molar-refractivity contribution in [2.75, 3.05) is 13.1 Å². The molecule has 7 heteroatoms. The number of halogens is 2. The van der Waals surface area contributed by atoms with Gasteiger partial charge >= 0.3 is 5.97 Å². The second-order valence-corrected chi connectivity index (χ2v) is 6.64. The van der Waals surface area contributed by atoms with E-state index in [1.807, 2.05) is 58.9 Å². The number of guanidine groups is 1. The number of carbonyl (C=O) groups is 1. The molecule has 0 aliphatic rings. The number of carbonyl (C=O) groups excluding carboxylic acids is 1. The summed E-state index contributed by atoms with van der Waals surface area (Å²) in [5, 5.41) is 7.08. The molecule has 0 saturated carbocycles. The van der Waals surface area contributed by atoms with Crippen LogP contribution in [0.2, 0.25) is 5.02 Å². The standard InChI is InChI=1S/C17H26ClN3O2.HI/c1-6-19-16(20-11-15(22)23-17(3,4)5)21-12(2)13-7-9-14(18)10-8-13;/h7-10,12H,6,11H2,1-5H3,(H2,19,20,21);1H. The maximum Gasteiger partial charge on any atom is 0.328 e. The summed E-state index contributed by atoms with van der Waals surface area (Å²) in [5.41, 5.74) is 0.576. The van der Waals surface area contributed by atoms with E-state index in [1.165, 1.54) is 0 Å². The van der Waals surface area contributed by atoms with Gasteiger partial charge in [-0.25, -0.2) is 4.99 Å². The highest BCUT2D eigenvalue weighted by Gasteiger charge is 2.16. The lowest BCUT2D eigenvalue weighted by atomic mass is 10.1. The summed E-state index contributed by atoms with van der Waals surface area (Å²) in [6.45, 7) is 10.2. The molecule has 0 fully saturated rings. The third kappa shape index (κ3) is 9.32. The van der Waals surface area contributed by atoms with Gasteiger partial charge in [-0.05, 0) is 52.3 Å². The molecule has 0 spiro atoms. The topological polar surface area (TPSA) is 62.7 Å². The molecule has 0 aliphatic heterocycles. The number of rotatable bonds is 5. The second-order valence-electron chi connectivity index (χ2n) is 6.20. The Hall–Kier alpha value is -1.02. The molecule has 2 N–H and O–H groups in total. The van der Waals surface area contributed by atoms with Crippen molar-refractivity contribution in [1.29, 1.82) is 0 Å². The Bertz CT molecular complexity index is 542. The molecule has 0 bridgehead atoms. The van der Waals surface area contributed by atoms with Crippen LogP contribution in [-0.4, -0.2) is 30.6 Å². The Kier molecular flexibility index (Phi) is 10.3. The van der Waals surface area contributed by atoms with E-state index in [0.717, 1.165) is 5.56 Å². The molecular formula is C17H27ClIN3O2. The van der Waals surface area contributed by atoms with E-state index in [1.54, 1.807) is 0 Å². The van der Waals surface area contributed by atoms with Gasteiger partial charge < -0.3 is 15.4 Å². The third-order valence-electron chi connectivity index (χ3n) is 2.85. The van der Waals surface area contributed by atoms with Crippen LogP contribution in [0.3, 0.4) is 0 Å². The fourth-order valence-corrected chi connectivity index (χ4v) is 2.00. The number of nitrogens with zero attached hydrogens (tertiary/aromatic N) is 1. The Labute approximate surface area is 166 Å². The molecule has 1 aromatic rings. The monoisotopic (exact) mass is 467 g/mol. The second kappa shape index (κ2) is 10.8. The van der Waals surface area contributed by atoms with E-state index in [-0.39, 0.29) is 42.5 Å². The van der Waals surface area contributed by atoms with E-state index in [9.17, 15) is 4.79 Å². The van der Waals surface area contributed by atoms with E-state index in [2.05, 4.69) is 15.6 Å². The molecule has 1 unspecified atom stereocenters. The quantitative estimate of drug-likeness (QED) is 0.298. The average molecular weight is 468 g/mol.